The van der Waals surface area contributed by atoms with E-state index < -0.39 is 0 Å². The molecule has 1 unspecified atom stereocenters. The van der Waals surface area contributed by atoms with Gasteiger partial charge in [0.25, 0.3) is 0 Å². The van der Waals surface area contributed by atoms with Gasteiger partial charge in [-0.1, -0.05) is 12.5 Å². The van der Waals surface area contributed by atoms with E-state index in [2.05, 4.69) is 34.9 Å². The van der Waals surface area contributed by atoms with Gasteiger partial charge in [-0.3, -0.25) is 4.90 Å². The summed E-state index contributed by atoms with van der Waals surface area (Å²) in [6, 6.07) is 7.69. The van der Waals surface area contributed by atoms with Crippen molar-refractivity contribution in [2.24, 2.45) is 5.73 Å². The lowest BCUT2D eigenvalue weighted by atomic mass is 9.98. The van der Waals surface area contributed by atoms with Crippen molar-refractivity contribution < 1.29 is 0 Å². The van der Waals surface area contributed by atoms with Gasteiger partial charge < -0.3 is 10.6 Å². The van der Waals surface area contributed by atoms with Gasteiger partial charge in [-0.2, -0.15) is 0 Å². The summed E-state index contributed by atoms with van der Waals surface area (Å²) in [5.74, 6) is 0. The lowest BCUT2D eigenvalue weighted by Crippen LogP contribution is -2.54. The first-order valence-corrected chi connectivity index (χ1v) is 8.06. The molecule has 3 nitrogen and oxygen atoms in total. The summed E-state index contributed by atoms with van der Waals surface area (Å²) >= 11 is 0. The topological polar surface area (TPSA) is 32.5 Å². The lowest BCUT2D eigenvalue weighted by Gasteiger charge is -2.45. The number of aryl methyl sites for hydroxylation is 1. The monoisotopic (exact) mass is 273 g/mol. The molecule has 2 aliphatic heterocycles. The molecule has 1 aromatic carbocycles. The number of benzene rings is 1. The fraction of sp³-hybridized carbons (Fsp3) is 0.647. The van der Waals surface area contributed by atoms with E-state index in [1.54, 1.807) is 0 Å². The van der Waals surface area contributed by atoms with Crippen LogP contribution in [0.2, 0.25) is 0 Å². The number of nitrogens with two attached hydrogens (primary N) is 1. The molecule has 20 heavy (non-hydrogen) atoms. The van der Waals surface area contributed by atoms with E-state index in [4.69, 9.17) is 5.73 Å². The van der Waals surface area contributed by atoms with Crippen LogP contribution in [-0.4, -0.2) is 43.7 Å². The Kier molecular flexibility index (Phi) is 4.27. The summed E-state index contributed by atoms with van der Waals surface area (Å²) in [6.07, 6.45) is 5.16. The Morgan fingerprint density at radius 3 is 2.90 bits per heavy atom. The fourth-order valence-electron chi connectivity index (χ4n) is 3.70. The zero-order chi connectivity index (χ0) is 13.9. The highest BCUT2D eigenvalue weighted by Crippen LogP contribution is 2.26. The smallest absolute Gasteiger partial charge is 0.0370 e. The second-order valence-electron chi connectivity index (χ2n) is 6.28. The third kappa shape index (κ3) is 2.84. The van der Waals surface area contributed by atoms with Gasteiger partial charge in [0.2, 0.25) is 0 Å². The van der Waals surface area contributed by atoms with Gasteiger partial charge in [-0.05, 0) is 62.5 Å². The van der Waals surface area contributed by atoms with E-state index in [9.17, 15) is 0 Å². The molecular weight excluding hydrogens is 246 g/mol. The largest absolute Gasteiger partial charge is 0.369 e. The molecule has 2 N–H and O–H groups in total. The number of hydrogen-bond acceptors (Lipinski definition) is 3. The fourth-order valence-corrected chi connectivity index (χ4v) is 3.70. The molecule has 110 valence electrons. The Hall–Kier alpha value is -1.06. The van der Waals surface area contributed by atoms with Crippen LogP contribution in [-0.2, 0) is 6.42 Å². The number of piperidine rings is 1. The zero-order valence-corrected chi connectivity index (χ0v) is 12.6. The van der Waals surface area contributed by atoms with Crippen molar-refractivity contribution in [3.8, 4) is 0 Å². The minimum absolute atomic E-state index is 0.737. The Morgan fingerprint density at radius 1 is 1.20 bits per heavy atom. The van der Waals surface area contributed by atoms with Crippen LogP contribution >= 0.6 is 0 Å². The number of fused-ring (bicyclic) bond motifs is 1. The van der Waals surface area contributed by atoms with Crippen LogP contribution in [0.1, 0.15) is 30.4 Å². The highest BCUT2D eigenvalue weighted by molar-refractivity contribution is 5.51. The molecule has 3 heteroatoms. The molecule has 0 aliphatic carbocycles. The van der Waals surface area contributed by atoms with Crippen LogP contribution < -0.4 is 10.6 Å². The van der Waals surface area contributed by atoms with E-state index in [-0.39, 0.29) is 0 Å². The van der Waals surface area contributed by atoms with Crippen molar-refractivity contribution in [1.29, 1.82) is 0 Å². The van der Waals surface area contributed by atoms with E-state index in [0.29, 0.717) is 0 Å². The number of anilines is 1. The second-order valence-corrected chi connectivity index (χ2v) is 6.28. The third-order valence-electron chi connectivity index (χ3n) is 4.94. The first kappa shape index (κ1) is 13.9. The first-order valence-electron chi connectivity index (χ1n) is 8.06. The summed E-state index contributed by atoms with van der Waals surface area (Å²) in [5, 5.41) is 0. The molecule has 3 rings (SSSR count). The summed E-state index contributed by atoms with van der Waals surface area (Å²) in [6.45, 7) is 7.87. The van der Waals surface area contributed by atoms with Crippen molar-refractivity contribution in [2.75, 3.05) is 37.6 Å². The minimum atomic E-state index is 0.737. The predicted octanol–water partition coefficient (Wildman–Crippen LogP) is 2.17. The van der Waals surface area contributed by atoms with E-state index in [1.165, 1.54) is 62.3 Å². The molecule has 2 heterocycles. The van der Waals surface area contributed by atoms with E-state index >= 15 is 0 Å². The standard InChI is InChI=1S/C17H27N3/c1-14-12-16(6-5-15(14)7-8-18)20-11-10-19-9-3-2-4-17(19)13-20/h5-6,12,17H,2-4,7-11,13,18H2,1H3. The summed E-state index contributed by atoms with van der Waals surface area (Å²) in [7, 11) is 0. The highest BCUT2D eigenvalue weighted by Gasteiger charge is 2.28. The van der Waals surface area contributed by atoms with Gasteiger partial charge in [-0.15, -0.1) is 0 Å². The number of nitrogens with zero attached hydrogens (tertiary/aromatic N) is 2. The molecular formula is C17H27N3. The van der Waals surface area contributed by atoms with Crippen molar-refractivity contribution >= 4 is 5.69 Å². The Labute approximate surface area is 122 Å². The number of hydrogen-bond donors (Lipinski definition) is 1. The maximum Gasteiger partial charge on any atom is 0.0370 e. The van der Waals surface area contributed by atoms with Crippen molar-refractivity contribution in [3.63, 3.8) is 0 Å². The number of rotatable bonds is 3. The highest BCUT2D eigenvalue weighted by atomic mass is 15.3. The second kappa shape index (κ2) is 6.15. The van der Waals surface area contributed by atoms with Gasteiger partial charge in [0.1, 0.15) is 0 Å². The van der Waals surface area contributed by atoms with Crippen molar-refractivity contribution in [1.82, 2.24) is 4.90 Å². The van der Waals surface area contributed by atoms with E-state index in [1.807, 2.05) is 0 Å². The third-order valence-corrected chi connectivity index (χ3v) is 4.94. The van der Waals surface area contributed by atoms with Gasteiger partial charge in [-0.25, -0.2) is 0 Å². The SMILES string of the molecule is Cc1cc(N2CCN3CCCCC3C2)ccc1CCN. The molecule has 0 aromatic heterocycles. The molecule has 0 radical (unpaired) electrons. The van der Waals surface area contributed by atoms with Gasteiger partial charge >= 0.3 is 0 Å². The molecule has 1 aromatic rings. The minimum Gasteiger partial charge on any atom is -0.369 e. The first-order chi connectivity index (χ1) is 9.78. The van der Waals surface area contributed by atoms with Crippen LogP contribution in [0.4, 0.5) is 5.69 Å². The molecule has 0 saturated carbocycles. The maximum absolute atomic E-state index is 5.67. The van der Waals surface area contributed by atoms with Crippen molar-refractivity contribution in [3.05, 3.63) is 29.3 Å². The average molecular weight is 273 g/mol. The number of piperazine rings is 1. The van der Waals surface area contributed by atoms with Crippen LogP contribution in [0, 0.1) is 6.92 Å². The molecule has 0 amide bonds. The molecule has 2 aliphatic rings. The quantitative estimate of drug-likeness (QED) is 0.916. The molecule has 0 bridgehead atoms. The average Bonchev–Trinajstić information content (AvgIpc) is 2.49. The maximum atomic E-state index is 5.67. The zero-order valence-electron chi connectivity index (χ0n) is 12.6. The molecule has 1 atom stereocenters. The molecule has 0 spiro atoms. The molecule has 2 fully saturated rings. The van der Waals surface area contributed by atoms with Crippen LogP contribution in [0.3, 0.4) is 0 Å². The van der Waals surface area contributed by atoms with Crippen LogP contribution in [0.25, 0.3) is 0 Å². The van der Waals surface area contributed by atoms with Crippen LogP contribution in [0.15, 0.2) is 18.2 Å². The lowest BCUT2D eigenvalue weighted by molar-refractivity contribution is 0.133. The van der Waals surface area contributed by atoms with Gasteiger partial charge in [0.15, 0.2) is 0 Å². The Morgan fingerprint density at radius 2 is 2.10 bits per heavy atom. The van der Waals surface area contributed by atoms with E-state index in [0.717, 1.165) is 19.0 Å². The Balaban J connectivity index is 1.71. The summed E-state index contributed by atoms with van der Waals surface area (Å²) in [5.41, 5.74) is 9.85. The van der Waals surface area contributed by atoms with Crippen LogP contribution in [0.5, 0.6) is 0 Å². The van der Waals surface area contributed by atoms with Gasteiger partial charge in [0, 0.05) is 31.4 Å². The molecule has 2 saturated heterocycles. The normalized spacial score (nSPS) is 23.7. The van der Waals surface area contributed by atoms with Crippen molar-refractivity contribution in [2.45, 2.75) is 38.6 Å². The van der Waals surface area contributed by atoms with Gasteiger partial charge in [0.05, 0.1) is 0 Å². The predicted molar refractivity (Wildman–Crippen MR) is 85.4 cm³/mol. The summed E-state index contributed by atoms with van der Waals surface area (Å²) in [4.78, 5) is 5.27. The Bertz CT molecular complexity index is 458. The summed E-state index contributed by atoms with van der Waals surface area (Å²) < 4.78 is 0.